The Labute approximate surface area is 76.7 Å². The number of aromatic nitrogens is 1. The molecule has 4 heteroatoms. The predicted molar refractivity (Wildman–Crippen MR) is 49.8 cm³/mol. The molecule has 3 nitrogen and oxygen atoms in total. The summed E-state index contributed by atoms with van der Waals surface area (Å²) in [5.41, 5.74) is 12.1. The smallest absolute Gasteiger partial charge is 0.129 e. The second kappa shape index (κ2) is 4.40. The molecule has 0 amide bonds. The van der Waals surface area contributed by atoms with Gasteiger partial charge in [0, 0.05) is 12.2 Å². The first kappa shape index (κ1) is 9.45. The molecule has 0 saturated carbocycles. The summed E-state index contributed by atoms with van der Waals surface area (Å²) in [7, 11) is 0. The van der Waals surface area contributed by atoms with Crippen molar-refractivity contribution in [3.05, 3.63) is 29.0 Å². The Hall–Kier alpha value is -0.640. The molecule has 1 heterocycles. The maximum absolute atomic E-state index is 5.79. The molecule has 0 fully saturated rings. The zero-order valence-electron chi connectivity index (χ0n) is 6.70. The fourth-order valence-electron chi connectivity index (χ4n) is 0.953. The van der Waals surface area contributed by atoms with Gasteiger partial charge in [-0.1, -0.05) is 17.7 Å². The predicted octanol–water partition coefficient (Wildman–Crippen LogP) is 1.08. The lowest BCUT2D eigenvalue weighted by Gasteiger charge is -2.09. The van der Waals surface area contributed by atoms with E-state index in [2.05, 4.69) is 4.98 Å². The number of halogens is 1. The first-order valence-electron chi connectivity index (χ1n) is 3.81. The van der Waals surface area contributed by atoms with E-state index in [1.165, 1.54) is 0 Å². The van der Waals surface area contributed by atoms with Crippen molar-refractivity contribution in [1.29, 1.82) is 0 Å². The van der Waals surface area contributed by atoms with Crippen molar-refractivity contribution in [2.75, 3.05) is 6.54 Å². The van der Waals surface area contributed by atoms with E-state index in [0.29, 0.717) is 11.7 Å². The Morgan fingerprint density at radius 3 is 2.75 bits per heavy atom. The average Bonchev–Trinajstić information content (AvgIpc) is 2.06. The molecular formula is C8H12ClN3. The lowest BCUT2D eigenvalue weighted by molar-refractivity contribution is 0.659. The third kappa shape index (κ3) is 2.44. The van der Waals surface area contributed by atoms with Gasteiger partial charge in [0.15, 0.2) is 0 Å². The largest absolute Gasteiger partial charge is 0.330 e. The minimum absolute atomic E-state index is 0.0280. The highest BCUT2D eigenvalue weighted by Crippen LogP contribution is 2.13. The minimum atomic E-state index is -0.0280. The van der Waals surface area contributed by atoms with Gasteiger partial charge in [-0.25, -0.2) is 4.98 Å². The summed E-state index contributed by atoms with van der Waals surface area (Å²) in [6.45, 7) is 0.587. The van der Waals surface area contributed by atoms with Gasteiger partial charge in [-0.05, 0) is 24.6 Å². The molecule has 12 heavy (non-hydrogen) atoms. The maximum atomic E-state index is 5.79. The van der Waals surface area contributed by atoms with Crippen molar-refractivity contribution in [1.82, 2.24) is 4.98 Å². The van der Waals surface area contributed by atoms with Crippen LogP contribution in [-0.4, -0.2) is 11.5 Å². The number of pyridine rings is 1. The summed E-state index contributed by atoms with van der Waals surface area (Å²) in [5.74, 6) is 0. The molecule has 1 rings (SSSR count). The highest BCUT2D eigenvalue weighted by Gasteiger charge is 2.03. The van der Waals surface area contributed by atoms with Gasteiger partial charge in [-0.15, -0.1) is 0 Å². The van der Waals surface area contributed by atoms with Gasteiger partial charge in [0.25, 0.3) is 0 Å². The minimum Gasteiger partial charge on any atom is -0.330 e. The Morgan fingerprint density at radius 2 is 2.25 bits per heavy atom. The topological polar surface area (TPSA) is 64.9 Å². The van der Waals surface area contributed by atoms with Crippen LogP contribution in [0.2, 0.25) is 5.15 Å². The third-order valence-corrected chi connectivity index (χ3v) is 1.88. The van der Waals surface area contributed by atoms with Gasteiger partial charge in [-0.3, -0.25) is 0 Å². The zero-order chi connectivity index (χ0) is 8.97. The molecule has 66 valence electrons. The number of nitrogens with zero attached hydrogens (tertiary/aromatic N) is 1. The quantitative estimate of drug-likeness (QED) is 0.693. The SMILES string of the molecule is NCCC(N)c1ccc(Cl)nc1. The Kier molecular flexibility index (Phi) is 3.47. The number of hydrogen-bond acceptors (Lipinski definition) is 3. The summed E-state index contributed by atoms with van der Waals surface area (Å²) in [6.07, 6.45) is 2.45. The molecule has 4 N–H and O–H groups in total. The molecule has 0 spiro atoms. The van der Waals surface area contributed by atoms with Gasteiger partial charge < -0.3 is 11.5 Å². The molecule has 0 aliphatic heterocycles. The number of hydrogen-bond donors (Lipinski definition) is 2. The van der Waals surface area contributed by atoms with Crippen LogP contribution in [0.4, 0.5) is 0 Å². The van der Waals surface area contributed by atoms with E-state index in [1.807, 2.05) is 6.07 Å². The molecule has 0 aliphatic rings. The molecule has 0 radical (unpaired) electrons. The van der Waals surface area contributed by atoms with Crippen LogP contribution in [0.25, 0.3) is 0 Å². The first-order chi connectivity index (χ1) is 5.74. The molecule has 0 aromatic carbocycles. The molecule has 0 aliphatic carbocycles. The van der Waals surface area contributed by atoms with E-state index in [0.717, 1.165) is 12.0 Å². The lowest BCUT2D eigenvalue weighted by Crippen LogP contribution is -2.15. The highest BCUT2D eigenvalue weighted by atomic mass is 35.5. The number of rotatable bonds is 3. The van der Waals surface area contributed by atoms with Gasteiger partial charge >= 0.3 is 0 Å². The molecule has 1 unspecified atom stereocenters. The second-order valence-electron chi connectivity index (χ2n) is 2.60. The van der Waals surface area contributed by atoms with Crippen molar-refractivity contribution in [3.8, 4) is 0 Å². The Bertz CT molecular complexity index is 235. The molecule has 1 aromatic heterocycles. The fraction of sp³-hybridized carbons (Fsp3) is 0.375. The normalized spacial score (nSPS) is 12.9. The fourth-order valence-corrected chi connectivity index (χ4v) is 1.06. The van der Waals surface area contributed by atoms with Crippen LogP contribution in [0, 0.1) is 0 Å². The summed E-state index contributed by atoms with van der Waals surface area (Å²) >= 11 is 5.62. The van der Waals surface area contributed by atoms with Crippen LogP contribution in [0.5, 0.6) is 0 Å². The van der Waals surface area contributed by atoms with Gasteiger partial charge in [0.2, 0.25) is 0 Å². The summed E-state index contributed by atoms with van der Waals surface area (Å²) in [5, 5.41) is 0.485. The molecular weight excluding hydrogens is 174 g/mol. The Balaban J connectivity index is 2.68. The van der Waals surface area contributed by atoms with Crippen molar-refractivity contribution in [2.24, 2.45) is 11.5 Å². The Morgan fingerprint density at radius 1 is 1.50 bits per heavy atom. The van der Waals surface area contributed by atoms with Crippen molar-refractivity contribution < 1.29 is 0 Å². The van der Waals surface area contributed by atoms with Crippen LogP contribution >= 0.6 is 11.6 Å². The summed E-state index contributed by atoms with van der Waals surface area (Å²) in [4.78, 5) is 3.93. The van der Waals surface area contributed by atoms with Crippen molar-refractivity contribution in [3.63, 3.8) is 0 Å². The van der Waals surface area contributed by atoms with E-state index in [4.69, 9.17) is 23.1 Å². The van der Waals surface area contributed by atoms with Crippen molar-refractivity contribution in [2.45, 2.75) is 12.5 Å². The standard InChI is InChI=1S/C8H12ClN3/c9-8-2-1-6(5-12-8)7(11)3-4-10/h1-2,5,7H,3-4,10-11H2. The molecule has 0 saturated heterocycles. The van der Waals surface area contributed by atoms with Crippen LogP contribution in [0.3, 0.4) is 0 Å². The lowest BCUT2D eigenvalue weighted by atomic mass is 10.1. The molecule has 0 bridgehead atoms. The van der Waals surface area contributed by atoms with Crippen LogP contribution in [0.1, 0.15) is 18.0 Å². The van der Waals surface area contributed by atoms with Gasteiger partial charge in [0.1, 0.15) is 5.15 Å². The van der Waals surface area contributed by atoms with E-state index in [9.17, 15) is 0 Å². The van der Waals surface area contributed by atoms with E-state index < -0.39 is 0 Å². The van der Waals surface area contributed by atoms with Crippen LogP contribution in [0.15, 0.2) is 18.3 Å². The summed E-state index contributed by atoms with van der Waals surface area (Å²) < 4.78 is 0. The number of nitrogens with two attached hydrogens (primary N) is 2. The van der Waals surface area contributed by atoms with Crippen molar-refractivity contribution >= 4 is 11.6 Å². The van der Waals surface area contributed by atoms with Gasteiger partial charge in [0.05, 0.1) is 0 Å². The first-order valence-corrected chi connectivity index (χ1v) is 4.19. The summed E-state index contributed by atoms with van der Waals surface area (Å²) in [6, 6.07) is 3.57. The maximum Gasteiger partial charge on any atom is 0.129 e. The zero-order valence-corrected chi connectivity index (χ0v) is 7.46. The third-order valence-electron chi connectivity index (χ3n) is 1.66. The van der Waals surface area contributed by atoms with E-state index in [1.54, 1.807) is 12.3 Å². The molecule has 1 aromatic rings. The average molecular weight is 186 g/mol. The van der Waals surface area contributed by atoms with E-state index >= 15 is 0 Å². The monoisotopic (exact) mass is 185 g/mol. The van der Waals surface area contributed by atoms with Gasteiger partial charge in [-0.2, -0.15) is 0 Å². The second-order valence-corrected chi connectivity index (χ2v) is 2.99. The van der Waals surface area contributed by atoms with Crippen LogP contribution < -0.4 is 11.5 Å². The highest BCUT2D eigenvalue weighted by molar-refractivity contribution is 6.29. The molecule has 1 atom stereocenters. The van der Waals surface area contributed by atoms with E-state index in [-0.39, 0.29) is 6.04 Å². The van der Waals surface area contributed by atoms with Crippen LogP contribution in [-0.2, 0) is 0 Å².